The fourth-order valence-corrected chi connectivity index (χ4v) is 0.111. The maximum Gasteiger partial charge on any atom is 0.474 e. The molecular weight excluding hydrogens is 125 g/mol. The Morgan fingerprint density at radius 3 is 2.00 bits per heavy atom. The van der Waals surface area contributed by atoms with Crippen molar-refractivity contribution in [2.24, 2.45) is 0 Å². The number of hydrazine groups is 1. The highest BCUT2D eigenvalue weighted by atomic mass is 19.4. The second-order valence-corrected chi connectivity index (χ2v) is 0.885. The van der Waals surface area contributed by atoms with Gasteiger partial charge in [-0.15, -0.1) is 5.43 Å². The summed E-state index contributed by atoms with van der Waals surface area (Å²) in [5.41, 5.74) is 1.99. The molecule has 0 aromatic rings. The van der Waals surface area contributed by atoms with E-state index in [-0.39, 0.29) is 6.41 Å². The summed E-state index contributed by atoms with van der Waals surface area (Å²) in [7, 11) is 0. The van der Waals surface area contributed by atoms with Gasteiger partial charge in [0, 0.05) is 0 Å². The summed E-state index contributed by atoms with van der Waals surface area (Å²) in [6.07, 6.45) is -4.64. The molecule has 8 heavy (non-hydrogen) atoms. The quantitative estimate of drug-likeness (QED) is 0.306. The maximum absolute atomic E-state index is 10.9. The zero-order valence-electron chi connectivity index (χ0n) is 3.62. The highest BCUT2D eigenvalue weighted by molar-refractivity contribution is 5.44. The molecule has 0 spiro atoms. The Balaban J connectivity index is 3.24. The topological polar surface area (TPSA) is 41.1 Å². The Labute approximate surface area is 42.8 Å². The fourth-order valence-electron chi connectivity index (χ4n) is 0.111. The van der Waals surface area contributed by atoms with Gasteiger partial charge in [0.1, 0.15) is 0 Å². The van der Waals surface area contributed by atoms with E-state index in [4.69, 9.17) is 0 Å². The second-order valence-electron chi connectivity index (χ2n) is 0.885. The van der Waals surface area contributed by atoms with Crippen molar-refractivity contribution in [3.8, 4) is 0 Å². The normalized spacial score (nSPS) is 10.9. The van der Waals surface area contributed by atoms with E-state index in [1.165, 1.54) is 5.43 Å². The molecule has 0 aliphatic rings. The van der Waals surface area contributed by atoms with Gasteiger partial charge in [-0.2, -0.15) is 13.2 Å². The lowest BCUT2D eigenvalue weighted by atomic mass is 11.2. The van der Waals surface area contributed by atoms with E-state index in [2.05, 4.69) is 0 Å². The molecule has 0 radical (unpaired) electrons. The van der Waals surface area contributed by atoms with Gasteiger partial charge in [0.15, 0.2) is 0 Å². The summed E-state index contributed by atoms with van der Waals surface area (Å²) >= 11 is 0. The number of amides is 1. The third-order valence-corrected chi connectivity index (χ3v) is 0.273. The minimum Gasteiger partial charge on any atom is -0.287 e. The number of hydrogen-bond acceptors (Lipinski definition) is 2. The molecule has 0 unspecified atom stereocenters. The van der Waals surface area contributed by atoms with Gasteiger partial charge in [-0.3, -0.25) is 10.2 Å². The van der Waals surface area contributed by atoms with Gasteiger partial charge in [0.05, 0.1) is 0 Å². The van der Waals surface area contributed by atoms with E-state index < -0.39 is 6.30 Å². The average Bonchev–Trinajstić information content (AvgIpc) is 1.59. The summed E-state index contributed by atoms with van der Waals surface area (Å²) < 4.78 is 32.7. The van der Waals surface area contributed by atoms with Gasteiger partial charge >= 0.3 is 6.30 Å². The predicted octanol–water partition coefficient (Wildman–Crippen LogP) is -0.243. The number of halogens is 3. The van der Waals surface area contributed by atoms with E-state index in [1.807, 2.05) is 0 Å². The molecular formula is C2H3F3N2O. The van der Waals surface area contributed by atoms with Crippen LogP contribution in [0.5, 0.6) is 0 Å². The molecule has 48 valence electrons. The van der Waals surface area contributed by atoms with E-state index in [0.29, 0.717) is 0 Å². The molecule has 0 rings (SSSR count). The third-order valence-electron chi connectivity index (χ3n) is 0.273. The number of alkyl halides is 3. The first-order valence-corrected chi connectivity index (χ1v) is 1.59. The van der Waals surface area contributed by atoms with Crippen LogP contribution < -0.4 is 10.9 Å². The van der Waals surface area contributed by atoms with Crippen LogP contribution in [0.15, 0.2) is 0 Å². The zero-order chi connectivity index (χ0) is 6.62. The van der Waals surface area contributed by atoms with Gasteiger partial charge in [-0.05, 0) is 0 Å². The van der Waals surface area contributed by atoms with E-state index in [0.717, 1.165) is 5.43 Å². The molecule has 0 aliphatic carbocycles. The SMILES string of the molecule is O=CNNC(F)(F)F. The Hall–Kier alpha value is -0.780. The van der Waals surface area contributed by atoms with Crippen LogP contribution in [-0.2, 0) is 4.79 Å². The molecule has 0 aromatic heterocycles. The van der Waals surface area contributed by atoms with Crippen LogP contribution in [0.2, 0.25) is 0 Å². The van der Waals surface area contributed by atoms with Crippen LogP contribution >= 0.6 is 0 Å². The molecule has 3 nitrogen and oxygen atoms in total. The van der Waals surface area contributed by atoms with Crippen LogP contribution in [0.3, 0.4) is 0 Å². The number of carbonyl (C=O) groups excluding carboxylic acids is 1. The molecule has 0 aromatic carbocycles. The molecule has 0 heterocycles. The van der Waals surface area contributed by atoms with Crippen LogP contribution in [0.4, 0.5) is 13.2 Å². The predicted molar refractivity (Wildman–Crippen MR) is 18.4 cm³/mol. The summed E-state index contributed by atoms with van der Waals surface area (Å²) in [6, 6.07) is 0. The molecule has 1 amide bonds. The smallest absolute Gasteiger partial charge is 0.287 e. The largest absolute Gasteiger partial charge is 0.474 e. The Morgan fingerprint density at radius 1 is 1.38 bits per heavy atom. The maximum atomic E-state index is 10.9. The molecule has 0 bridgehead atoms. The van der Waals surface area contributed by atoms with E-state index >= 15 is 0 Å². The van der Waals surface area contributed by atoms with Gasteiger partial charge in [-0.1, -0.05) is 0 Å². The van der Waals surface area contributed by atoms with Gasteiger partial charge in [0.2, 0.25) is 6.41 Å². The van der Waals surface area contributed by atoms with Crippen LogP contribution in [0.1, 0.15) is 0 Å². The van der Waals surface area contributed by atoms with Crippen molar-refractivity contribution in [2.45, 2.75) is 6.30 Å². The minimum absolute atomic E-state index is 0.104. The van der Waals surface area contributed by atoms with Crippen molar-refractivity contribution in [3.05, 3.63) is 0 Å². The molecule has 0 saturated heterocycles. The van der Waals surface area contributed by atoms with Crippen molar-refractivity contribution >= 4 is 6.41 Å². The van der Waals surface area contributed by atoms with Gasteiger partial charge in [0.25, 0.3) is 0 Å². The standard InChI is InChI=1S/C2H3F3N2O/c3-2(4,5)7-6-1-8/h1,7H,(H,6,8). The van der Waals surface area contributed by atoms with Crippen molar-refractivity contribution in [1.29, 1.82) is 0 Å². The number of carbonyl (C=O) groups is 1. The van der Waals surface area contributed by atoms with Crippen molar-refractivity contribution < 1.29 is 18.0 Å². The number of rotatable bonds is 2. The first-order valence-electron chi connectivity index (χ1n) is 1.59. The monoisotopic (exact) mass is 128 g/mol. The first kappa shape index (κ1) is 7.22. The molecule has 0 aliphatic heterocycles. The summed E-state index contributed by atoms with van der Waals surface area (Å²) in [4.78, 5) is 9.18. The van der Waals surface area contributed by atoms with Crippen LogP contribution in [0, 0.1) is 0 Å². The highest BCUT2D eigenvalue weighted by Crippen LogP contribution is 2.06. The average molecular weight is 128 g/mol. The fraction of sp³-hybridized carbons (Fsp3) is 0.500. The van der Waals surface area contributed by atoms with Gasteiger partial charge < -0.3 is 0 Å². The summed E-state index contributed by atoms with van der Waals surface area (Å²) in [5.74, 6) is 0. The molecule has 6 heteroatoms. The van der Waals surface area contributed by atoms with E-state index in [9.17, 15) is 18.0 Å². The van der Waals surface area contributed by atoms with Crippen molar-refractivity contribution in [1.82, 2.24) is 10.9 Å². The summed E-state index contributed by atoms with van der Waals surface area (Å²) in [6.45, 7) is 0. The highest BCUT2D eigenvalue weighted by Gasteiger charge is 2.25. The summed E-state index contributed by atoms with van der Waals surface area (Å²) in [5, 5.41) is 0. The minimum atomic E-state index is -4.54. The van der Waals surface area contributed by atoms with E-state index in [1.54, 1.807) is 0 Å². The molecule has 0 fully saturated rings. The lowest BCUT2D eigenvalue weighted by Gasteiger charge is -2.04. The second kappa shape index (κ2) is 2.51. The van der Waals surface area contributed by atoms with Crippen LogP contribution in [0.25, 0.3) is 0 Å². The van der Waals surface area contributed by atoms with Gasteiger partial charge in [-0.25, -0.2) is 0 Å². The Bertz CT molecular complexity index is 79.8. The van der Waals surface area contributed by atoms with Crippen LogP contribution in [-0.4, -0.2) is 12.7 Å². The Morgan fingerprint density at radius 2 is 1.88 bits per heavy atom. The lowest BCUT2D eigenvalue weighted by Crippen LogP contribution is -2.42. The molecule has 0 atom stereocenters. The van der Waals surface area contributed by atoms with Crippen molar-refractivity contribution in [3.63, 3.8) is 0 Å². The lowest BCUT2D eigenvalue weighted by molar-refractivity contribution is -0.168. The number of nitrogens with one attached hydrogen (secondary N) is 2. The molecule has 0 saturated carbocycles. The van der Waals surface area contributed by atoms with Crippen molar-refractivity contribution in [2.75, 3.05) is 0 Å². The number of hydrogen-bond donors (Lipinski definition) is 2. The zero-order valence-corrected chi connectivity index (χ0v) is 3.62. The third kappa shape index (κ3) is 5.22. The first-order chi connectivity index (χ1) is 3.56. The Kier molecular flexibility index (Phi) is 2.26. The molecule has 2 N–H and O–H groups in total.